The van der Waals surface area contributed by atoms with Crippen molar-refractivity contribution in [2.45, 2.75) is 26.0 Å². The van der Waals surface area contributed by atoms with Crippen LogP contribution in [0.2, 0.25) is 0 Å². The molecule has 0 aliphatic carbocycles. The molecule has 0 aliphatic heterocycles. The number of hydrogen-bond donors (Lipinski definition) is 2. The number of amides is 2. The Kier molecular flexibility index (Phi) is 8.86. The predicted octanol–water partition coefficient (Wildman–Crippen LogP) is 6.07. The van der Waals surface area contributed by atoms with Gasteiger partial charge in [-0.05, 0) is 41.8 Å². The van der Waals surface area contributed by atoms with Crippen LogP contribution >= 0.6 is 0 Å². The third-order valence-electron chi connectivity index (χ3n) is 5.75. The molecule has 2 N–H and O–H groups in total. The third kappa shape index (κ3) is 7.41. The van der Waals surface area contributed by atoms with Crippen molar-refractivity contribution in [3.05, 3.63) is 120 Å². The van der Waals surface area contributed by atoms with E-state index in [1.165, 1.54) is 0 Å². The Bertz CT molecular complexity index is 1310. The second-order valence-corrected chi connectivity index (χ2v) is 8.35. The lowest BCUT2D eigenvalue weighted by atomic mass is 9.99. The molecule has 2 amide bonds. The number of nitrogens with one attached hydrogen (secondary N) is 2. The first-order valence-electron chi connectivity index (χ1n) is 12.1. The SMILES string of the molecule is C[C@H](OC(=O)NCc1ccccc1-c1ccccc1OC(=O)NCCc1ccccn1)c1ccccc1. The highest BCUT2D eigenvalue weighted by molar-refractivity contribution is 5.79. The van der Waals surface area contributed by atoms with Crippen molar-refractivity contribution >= 4 is 12.2 Å². The fourth-order valence-electron chi connectivity index (χ4n) is 3.85. The number of hydrogen-bond acceptors (Lipinski definition) is 5. The number of para-hydroxylation sites is 1. The van der Waals surface area contributed by atoms with Gasteiger partial charge >= 0.3 is 12.2 Å². The Labute approximate surface area is 216 Å². The van der Waals surface area contributed by atoms with Gasteiger partial charge in [0.05, 0.1) is 0 Å². The lowest BCUT2D eigenvalue weighted by Gasteiger charge is -2.16. The van der Waals surface area contributed by atoms with Crippen molar-refractivity contribution in [3.8, 4) is 16.9 Å². The summed E-state index contributed by atoms with van der Waals surface area (Å²) in [7, 11) is 0. The van der Waals surface area contributed by atoms with Gasteiger partial charge in [0.2, 0.25) is 0 Å². The molecule has 1 heterocycles. The molecule has 7 heteroatoms. The fourth-order valence-corrected chi connectivity index (χ4v) is 3.85. The van der Waals surface area contributed by atoms with Gasteiger partial charge in [0.15, 0.2) is 0 Å². The van der Waals surface area contributed by atoms with Gasteiger partial charge in [-0.15, -0.1) is 0 Å². The highest BCUT2D eigenvalue weighted by Gasteiger charge is 2.15. The fraction of sp³-hybridized carbons (Fsp3) is 0.167. The molecule has 7 nitrogen and oxygen atoms in total. The van der Waals surface area contributed by atoms with Crippen molar-refractivity contribution < 1.29 is 19.1 Å². The first kappa shape index (κ1) is 25.4. The monoisotopic (exact) mass is 495 g/mol. The molecule has 37 heavy (non-hydrogen) atoms. The first-order valence-corrected chi connectivity index (χ1v) is 12.1. The number of carbonyl (C=O) groups is 2. The van der Waals surface area contributed by atoms with E-state index >= 15 is 0 Å². The molecule has 0 fully saturated rings. The van der Waals surface area contributed by atoms with E-state index in [1.54, 1.807) is 12.3 Å². The van der Waals surface area contributed by atoms with Gasteiger partial charge in [-0.2, -0.15) is 0 Å². The zero-order valence-electron chi connectivity index (χ0n) is 20.6. The molecule has 1 atom stereocenters. The molecular formula is C30H29N3O4. The molecule has 4 rings (SSSR count). The zero-order valence-corrected chi connectivity index (χ0v) is 20.6. The summed E-state index contributed by atoms with van der Waals surface area (Å²) in [6.07, 6.45) is 0.896. The number of aromatic nitrogens is 1. The van der Waals surface area contributed by atoms with Crippen LogP contribution in [0, 0.1) is 0 Å². The number of pyridine rings is 1. The number of benzene rings is 3. The van der Waals surface area contributed by atoms with Crippen LogP contribution in [0.4, 0.5) is 9.59 Å². The van der Waals surface area contributed by atoms with Gasteiger partial charge in [-0.3, -0.25) is 4.98 Å². The summed E-state index contributed by atoms with van der Waals surface area (Å²) in [5.74, 6) is 0.422. The molecule has 0 saturated heterocycles. The number of nitrogens with zero attached hydrogens (tertiary/aromatic N) is 1. The summed E-state index contributed by atoms with van der Waals surface area (Å²) >= 11 is 0. The van der Waals surface area contributed by atoms with E-state index < -0.39 is 12.2 Å². The largest absolute Gasteiger partial charge is 0.442 e. The quantitative estimate of drug-likeness (QED) is 0.294. The lowest BCUT2D eigenvalue weighted by Crippen LogP contribution is -2.29. The molecule has 188 valence electrons. The van der Waals surface area contributed by atoms with Gasteiger partial charge in [-0.1, -0.05) is 78.9 Å². The summed E-state index contributed by atoms with van der Waals surface area (Å²) in [4.78, 5) is 29.2. The molecule has 0 spiro atoms. The van der Waals surface area contributed by atoms with E-state index in [-0.39, 0.29) is 12.6 Å². The van der Waals surface area contributed by atoms with Crippen LogP contribution in [-0.4, -0.2) is 23.7 Å². The summed E-state index contributed by atoms with van der Waals surface area (Å²) in [5.41, 5.74) is 4.25. The normalized spacial score (nSPS) is 11.3. The van der Waals surface area contributed by atoms with Gasteiger partial charge in [0.25, 0.3) is 0 Å². The Morgan fingerprint density at radius 1 is 0.784 bits per heavy atom. The van der Waals surface area contributed by atoms with Crippen molar-refractivity contribution in [2.75, 3.05) is 6.54 Å². The maximum absolute atomic E-state index is 12.5. The maximum Gasteiger partial charge on any atom is 0.412 e. The van der Waals surface area contributed by atoms with Crippen LogP contribution in [0.5, 0.6) is 5.75 Å². The molecule has 0 aliphatic rings. The molecular weight excluding hydrogens is 466 g/mol. The molecule has 4 aromatic rings. The van der Waals surface area contributed by atoms with Crippen molar-refractivity contribution in [1.82, 2.24) is 15.6 Å². The van der Waals surface area contributed by atoms with Gasteiger partial charge in [-0.25, -0.2) is 9.59 Å². The van der Waals surface area contributed by atoms with Gasteiger partial charge in [0, 0.05) is 37.0 Å². The van der Waals surface area contributed by atoms with Gasteiger partial charge < -0.3 is 20.1 Å². The number of rotatable bonds is 9. The predicted molar refractivity (Wildman–Crippen MR) is 142 cm³/mol. The minimum Gasteiger partial charge on any atom is -0.442 e. The summed E-state index contributed by atoms with van der Waals surface area (Å²) in [6, 6.07) is 30.2. The highest BCUT2D eigenvalue weighted by Crippen LogP contribution is 2.32. The van der Waals surface area contributed by atoms with Crippen LogP contribution in [-0.2, 0) is 17.7 Å². The maximum atomic E-state index is 12.5. The Morgan fingerprint density at radius 2 is 1.49 bits per heavy atom. The number of ether oxygens (including phenoxy) is 2. The molecule has 0 radical (unpaired) electrons. The molecule has 0 unspecified atom stereocenters. The highest BCUT2D eigenvalue weighted by atomic mass is 16.6. The molecule has 0 bridgehead atoms. The van der Waals surface area contributed by atoms with E-state index in [9.17, 15) is 9.59 Å². The van der Waals surface area contributed by atoms with E-state index in [0.29, 0.717) is 18.7 Å². The van der Waals surface area contributed by atoms with Gasteiger partial charge in [0.1, 0.15) is 11.9 Å². The third-order valence-corrected chi connectivity index (χ3v) is 5.75. The Hall–Kier alpha value is -4.65. The molecule has 1 aromatic heterocycles. The van der Waals surface area contributed by atoms with E-state index in [0.717, 1.165) is 27.9 Å². The van der Waals surface area contributed by atoms with Crippen LogP contribution in [0.25, 0.3) is 11.1 Å². The summed E-state index contributed by atoms with van der Waals surface area (Å²) in [6.45, 7) is 2.49. The molecule has 3 aromatic carbocycles. The zero-order chi connectivity index (χ0) is 25.9. The standard InChI is InChI=1S/C30H29N3O4/c1-22(23-11-3-2-4-12-23)36-30(35)33-21-24-13-5-6-15-26(24)27-16-7-8-17-28(27)37-29(34)32-20-18-25-14-9-10-19-31-25/h2-17,19,22H,18,20-21H2,1H3,(H,32,34)(H,33,35)/t22-/m0/s1. The summed E-state index contributed by atoms with van der Waals surface area (Å²) < 4.78 is 11.2. The molecule has 0 saturated carbocycles. The van der Waals surface area contributed by atoms with Crippen LogP contribution in [0.1, 0.15) is 29.8 Å². The Balaban J connectivity index is 1.38. The van der Waals surface area contributed by atoms with E-state index in [4.69, 9.17) is 9.47 Å². The minimum atomic E-state index is -0.544. The van der Waals surface area contributed by atoms with Crippen LogP contribution in [0.15, 0.2) is 103 Å². The second kappa shape index (κ2) is 12.9. The smallest absolute Gasteiger partial charge is 0.412 e. The van der Waals surface area contributed by atoms with E-state index in [2.05, 4.69) is 15.6 Å². The van der Waals surface area contributed by atoms with Crippen molar-refractivity contribution in [2.24, 2.45) is 0 Å². The van der Waals surface area contributed by atoms with Crippen molar-refractivity contribution in [3.63, 3.8) is 0 Å². The topological polar surface area (TPSA) is 89.5 Å². The number of carbonyl (C=O) groups excluding carboxylic acids is 2. The first-order chi connectivity index (χ1) is 18.1. The average Bonchev–Trinajstić information content (AvgIpc) is 2.93. The second-order valence-electron chi connectivity index (χ2n) is 8.35. The van der Waals surface area contributed by atoms with Crippen LogP contribution in [0.3, 0.4) is 0 Å². The summed E-state index contributed by atoms with van der Waals surface area (Å²) in [5, 5.41) is 5.60. The lowest BCUT2D eigenvalue weighted by molar-refractivity contribution is 0.106. The van der Waals surface area contributed by atoms with Crippen molar-refractivity contribution in [1.29, 1.82) is 0 Å². The number of alkyl carbamates (subject to hydrolysis) is 1. The van der Waals surface area contributed by atoms with Crippen LogP contribution < -0.4 is 15.4 Å². The average molecular weight is 496 g/mol. The Morgan fingerprint density at radius 3 is 2.27 bits per heavy atom. The minimum absolute atomic E-state index is 0.251. The van der Waals surface area contributed by atoms with E-state index in [1.807, 2.05) is 97.9 Å².